The number of aliphatic carboxylic acids is 1. The van der Waals surface area contributed by atoms with Crippen molar-refractivity contribution in [3.8, 4) is 0 Å². The highest BCUT2D eigenvalue weighted by atomic mass is 16.5. The molecule has 2 heterocycles. The molecule has 0 saturated carbocycles. The van der Waals surface area contributed by atoms with Gasteiger partial charge in [0.2, 0.25) is 0 Å². The van der Waals surface area contributed by atoms with Crippen LogP contribution in [0.3, 0.4) is 0 Å². The molecule has 2 rings (SSSR count). The van der Waals surface area contributed by atoms with Crippen LogP contribution in [-0.4, -0.2) is 48.2 Å². The smallest absolute Gasteiger partial charge is 0.311 e. The Morgan fingerprint density at radius 2 is 2.19 bits per heavy atom. The lowest BCUT2D eigenvalue weighted by Crippen LogP contribution is -2.37. The Bertz CT molecular complexity index is 516. The molecule has 1 N–H and O–H groups in total. The largest absolute Gasteiger partial charge is 0.481 e. The maximum atomic E-state index is 12.5. The molecule has 1 atom stereocenters. The van der Waals surface area contributed by atoms with E-state index in [1.165, 1.54) is 6.26 Å². The number of ether oxygens (including phenoxy) is 1. The zero-order valence-corrected chi connectivity index (χ0v) is 12.4. The van der Waals surface area contributed by atoms with Gasteiger partial charge in [0.05, 0.1) is 17.9 Å². The third-order valence-electron chi connectivity index (χ3n) is 3.67. The molecule has 0 bridgehead atoms. The molecule has 1 saturated heterocycles. The summed E-state index contributed by atoms with van der Waals surface area (Å²) in [7, 11) is 1.71. The second kappa shape index (κ2) is 6.76. The number of amides is 1. The van der Waals surface area contributed by atoms with Gasteiger partial charge in [-0.2, -0.15) is 0 Å². The van der Waals surface area contributed by atoms with Crippen molar-refractivity contribution < 1.29 is 23.8 Å². The molecule has 6 heteroatoms. The van der Waals surface area contributed by atoms with Gasteiger partial charge in [-0.15, -0.1) is 0 Å². The molecular formula is C15H21NO5. The Kier molecular flexibility index (Phi) is 5.01. The molecule has 0 aliphatic carbocycles. The van der Waals surface area contributed by atoms with Crippen LogP contribution in [0.15, 0.2) is 10.7 Å². The van der Waals surface area contributed by atoms with Crippen molar-refractivity contribution in [2.45, 2.75) is 38.7 Å². The fourth-order valence-electron chi connectivity index (χ4n) is 2.58. The fraction of sp³-hybridized carbons (Fsp3) is 0.600. The predicted molar refractivity (Wildman–Crippen MR) is 75.3 cm³/mol. The van der Waals surface area contributed by atoms with Crippen LogP contribution in [0.25, 0.3) is 0 Å². The summed E-state index contributed by atoms with van der Waals surface area (Å²) in [5.41, 5.74) is 1.02. The minimum absolute atomic E-state index is 0.0582. The number of aryl methyl sites for hydroxylation is 1. The lowest BCUT2D eigenvalue weighted by Gasteiger charge is -2.27. The van der Waals surface area contributed by atoms with E-state index >= 15 is 0 Å². The van der Waals surface area contributed by atoms with Crippen molar-refractivity contribution >= 4 is 11.9 Å². The van der Waals surface area contributed by atoms with E-state index in [4.69, 9.17) is 14.3 Å². The van der Waals surface area contributed by atoms with Crippen LogP contribution < -0.4 is 0 Å². The van der Waals surface area contributed by atoms with Gasteiger partial charge in [-0.3, -0.25) is 9.59 Å². The van der Waals surface area contributed by atoms with Crippen LogP contribution in [0.1, 0.15) is 40.9 Å². The van der Waals surface area contributed by atoms with Gasteiger partial charge < -0.3 is 19.2 Å². The molecular weight excluding hydrogens is 274 g/mol. The third kappa shape index (κ3) is 3.85. The van der Waals surface area contributed by atoms with Crippen LogP contribution in [0, 0.1) is 6.92 Å². The van der Waals surface area contributed by atoms with Crippen molar-refractivity contribution in [3.05, 3.63) is 23.2 Å². The van der Waals surface area contributed by atoms with Crippen molar-refractivity contribution in [1.82, 2.24) is 4.90 Å². The van der Waals surface area contributed by atoms with Crippen LogP contribution >= 0.6 is 0 Å². The van der Waals surface area contributed by atoms with Gasteiger partial charge >= 0.3 is 5.97 Å². The Morgan fingerprint density at radius 3 is 2.81 bits per heavy atom. The van der Waals surface area contributed by atoms with E-state index in [1.807, 2.05) is 0 Å². The van der Waals surface area contributed by atoms with E-state index < -0.39 is 5.97 Å². The second-order valence-corrected chi connectivity index (χ2v) is 5.46. The molecule has 1 aromatic heterocycles. The Morgan fingerprint density at radius 1 is 1.43 bits per heavy atom. The van der Waals surface area contributed by atoms with Gasteiger partial charge in [0, 0.05) is 25.8 Å². The van der Waals surface area contributed by atoms with E-state index in [1.54, 1.807) is 18.9 Å². The summed E-state index contributed by atoms with van der Waals surface area (Å²) < 4.78 is 10.8. The van der Waals surface area contributed by atoms with Gasteiger partial charge in [0.25, 0.3) is 5.91 Å². The number of nitrogens with zero attached hydrogens (tertiary/aromatic N) is 1. The molecule has 21 heavy (non-hydrogen) atoms. The number of likely N-dealkylation sites (N-methyl/N-ethyl adjacent to an activating group) is 1. The molecule has 0 aromatic carbocycles. The first-order valence-electron chi connectivity index (χ1n) is 7.15. The number of carboxylic acid groups (broad SMARTS) is 1. The molecule has 1 unspecified atom stereocenters. The van der Waals surface area contributed by atoms with Crippen LogP contribution in [-0.2, 0) is 16.0 Å². The monoisotopic (exact) mass is 295 g/mol. The summed E-state index contributed by atoms with van der Waals surface area (Å²) in [6.07, 6.45) is 4.32. The minimum atomic E-state index is -1.02. The SMILES string of the molecule is Cc1coc(CC(=O)O)c1C(=O)N(C)CC1CCCCO1. The average Bonchev–Trinajstić information content (AvgIpc) is 2.79. The molecule has 1 aliphatic rings. The third-order valence-corrected chi connectivity index (χ3v) is 3.67. The molecule has 116 valence electrons. The quantitative estimate of drug-likeness (QED) is 0.896. The van der Waals surface area contributed by atoms with Gasteiger partial charge in [-0.25, -0.2) is 0 Å². The van der Waals surface area contributed by atoms with Crippen molar-refractivity contribution in [1.29, 1.82) is 0 Å². The first kappa shape index (κ1) is 15.6. The summed E-state index contributed by atoms with van der Waals surface area (Å²) in [5.74, 6) is -1.02. The Hall–Kier alpha value is -1.82. The van der Waals surface area contributed by atoms with Gasteiger partial charge in [0.15, 0.2) is 0 Å². The molecule has 1 amide bonds. The van der Waals surface area contributed by atoms with Crippen LogP contribution in [0.4, 0.5) is 0 Å². The summed E-state index contributed by atoms with van der Waals surface area (Å²) in [6.45, 7) is 2.99. The maximum absolute atomic E-state index is 12.5. The number of carbonyl (C=O) groups is 2. The highest BCUT2D eigenvalue weighted by Crippen LogP contribution is 2.20. The zero-order chi connectivity index (χ0) is 15.4. The summed E-state index contributed by atoms with van der Waals surface area (Å²) in [5, 5.41) is 8.88. The number of hydrogen-bond donors (Lipinski definition) is 1. The van der Waals surface area contributed by atoms with Gasteiger partial charge in [0.1, 0.15) is 12.2 Å². The van der Waals surface area contributed by atoms with E-state index in [9.17, 15) is 9.59 Å². The van der Waals surface area contributed by atoms with E-state index in [0.29, 0.717) is 17.7 Å². The zero-order valence-electron chi connectivity index (χ0n) is 12.4. The topological polar surface area (TPSA) is 80.0 Å². The highest BCUT2D eigenvalue weighted by Gasteiger charge is 2.25. The number of carbonyl (C=O) groups excluding carboxylic acids is 1. The number of rotatable bonds is 5. The van der Waals surface area contributed by atoms with Crippen molar-refractivity contribution in [2.75, 3.05) is 20.2 Å². The molecule has 1 fully saturated rings. The average molecular weight is 295 g/mol. The van der Waals surface area contributed by atoms with Crippen LogP contribution in [0.2, 0.25) is 0 Å². The summed E-state index contributed by atoms with van der Waals surface area (Å²) in [6, 6.07) is 0. The van der Waals surface area contributed by atoms with Gasteiger partial charge in [-0.05, 0) is 26.2 Å². The first-order valence-corrected chi connectivity index (χ1v) is 7.15. The lowest BCUT2D eigenvalue weighted by molar-refractivity contribution is -0.136. The molecule has 1 aliphatic heterocycles. The van der Waals surface area contributed by atoms with Crippen molar-refractivity contribution in [2.24, 2.45) is 0 Å². The molecule has 1 aromatic rings. The molecule has 6 nitrogen and oxygen atoms in total. The fourth-order valence-corrected chi connectivity index (χ4v) is 2.58. The normalized spacial score (nSPS) is 18.5. The molecule has 0 radical (unpaired) electrons. The first-order chi connectivity index (χ1) is 9.99. The predicted octanol–water partition coefficient (Wildman–Crippen LogP) is 1.86. The lowest BCUT2D eigenvalue weighted by atomic mass is 10.1. The maximum Gasteiger partial charge on any atom is 0.311 e. The highest BCUT2D eigenvalue weighted by molar-refractivity contribution is 5.97. The van der Waals surface area contributed by atoms with E-state index in [0.717, 1.165) is 25.9 Å². The summed E-state index contributed by atoms with van der Waals surface area (Å²) >= 11 is 0. The number of furan rings is 1. The Labute approximate surface area is 123 Å². The van der Waals surface area contributed by atoms with Crippen LogP contribution in [0.5, 0.6) is 0 Å². The van der Waals surface area contributed by atoms with E-state index in [2.05, 4.69) is 0 Å². The van der Waals surface area contributed by atoms with Crippen molar-refractivity contribution in [3.63, 3.8) is 0 Å². The second-order valence-electron chi connectivity index (χ2n) is 5.46. The minimum Gasteiger partial charge on any atom is -0.481 e. The molecule has 0 spiro atoms. The van der Waals surface area contributed by atoms with Gasteiger partial charge in [-0.1, -0.05) is 0 Å². The number of carboxylic acids is 1. The standard InChI is InChI=1S/C15H21NO5/c1-10-9-21-12(7-13(17)18)14(10)15(19)16(2)8-11-5-3-4-6-20-11/h9,11H,3-8H2,1-2H3,(H,17,18). The number of hydrogen-bond acceptors (Lipinski definition) is 4. The Balaban J connectivity index is 2.07. The van der Waals surface area contributed by atoms with E-state index in [-0.39, 0.29) is 24.2 Å². The summed E-state index contributed by atoms with van der Waals surface area (Å²) in [4.78, 5) is 24.9.